The van der Waals surface area contributed by atoms with Crippen molar-refractivity contribution >= 4 is 51.8 Å². The van der Waals surface area contributed by atoms with Crippen molar-refractivity contribution in [3.05, 3.63) is 64.3 Å². The Bertz CT molecular complexity index is 1790. The first-order valence-electron chi connectivity index (χ1n) is 10.2. The number of hydrogen-bond donors (Lipinski definition) is 0. The molecule has 3 rings (SSSR count). The standard InChI is InChI=1S/C17H9F7O3S2.C2F6O5S2/c18-13-5-4-10-8-12(7-9-2-1-3-11(6-9)16(19,20)21)28-15(10)14(13)27-29(25,26)17(22,23)24;3-1(4,5)14(9,10)13-15(11,12)2(6,7)8/h1-6,8H,7H2;. The van der Waals surface area contributed by atoms with Crippen LogP contribution in [0.15, 0.2) is 42.5 Å². The van der Waals surface area contributed by atoms with Gasteiger partial charge in [0.05, 0.1) is 10.3 Å². The first kappa shape index (κ1) is 37.3. The predicted molar refractivity (Wildman–Crippen MR) is 123 cm³/mol. The summed E-state index contributed by atoms with van der Waals surface area (Å²) < 4.78 is 226. The second-order valence-corrected chi connectivity index (χ2v) is 13.7. The molecule has 0 aliphatic rings. The van der Waals surface area contributed by atoms with E-state index >= 15 is 0 Å². The van der Waals surface area contributed by atoms with Gasteiger partial charge in [0, 0.05) is 11.3 Å². The molecule has 0 bridgehead atoms. The van der Waals surface area contributed by atoms with Crippen LogP contribution in [0.2, 0.25) is 0 Å². The Morgan fingerprint density at radius 1 is 0.659 bits per heavy atom. The molecule has 0 unspecified atom stereocenters. The summed E-state index contributed by atoms with van der Waals surface area (Å²) in [5, 5.41) is 0.186. The lowest BCUT2D eigenvalue weighted by molar-refractivity contribution is -0.137. The summed E-state index contributed by atoms with van der Waals surface area (Å²) in [5.74, 6) is -2.43. The Morgan fingerprint density at radius 3 is 1.61 bits per heavy atom. The van der Waals surface area contributed by atoms with Crippen LogP contribution in [0.5, 0.6) is 5.75 Å². The van der Waals surface area contributed by atoms with Crippen LogP contribution in [0.3, 0.4) is 0 Å². The molecule has 3 aromatic rings. The maximum Gasteiger partial charge on any atom is 0.534 e. The molecule has 0 saturated heterocycles. The number of rotatable bonds is 6. The van der Waals surface area contributed by atoms with E-state index in [1.807, 2.05) is 3.63 Å². The van der Waals surface area contributed by atoms with Gasteiger partial charge in [-0.2, -0.15) is 77.9 Å². The molecule has 0 saturated carbocycles. The van der Waals surface area contributed by atoms with Gasteiger partial charge in [0.1, 0.15) is 0 Å². The molecule has 1 heterocycles. The third kappa shape index (κ3) is 8.85. The fourth-order valence-electron chi connectivity index (χ4n) is 2.68. The molecule has 0 spiro atoms. The van der Waals surface area contributed by atoms with E-state index in [0.717, 1.165) is 29.5 Å². The smallest absolute Gasteiger partial charge is 0.371 e. The number of benzene rings is 2. The Kier molecular flexibility index (Phi) is 10.3. The van der Waals surface area contributed by atoms with Crippen LogP contribution in [0, 0.1) is 5.82 Å². The third-order valence-electron chi connectivity index (χ3n) is 4.50. The van der Waals surface area contributed by atoms with Gasteiger partial charge in [-0.15, -0.1) is 15.0 Å². The van der Waals surface area contributed by atoms with E-state index in [1.165, 1.54) is 24.3 Å². The monoisotopic (exact) mass is 740 g/mol. The highest BCUT2D eigenvalue weighted by atomic mass is 32.3. The van der Waals surface area contributed by atoms with Crippen LogP contribution in [0.1, 0.15) is 16.0 Å². The lowest BCUT2D eigenvalue weighted by atomic mass is 10.1. The molecular formula is C19H9F13O8S4. The van der Waals surface area contributed by atoms with Gasteiger partial charge < -0.3 is 4.18 Å². The molecule has 248 valence electrons. The zero-order valence-electron chi connectivity index (χ0n) is 20.1. The normalized spacial score (nSPS) is 13.8. The molecule has 0 N–H and O–H groups in total. The largest absolute Gasteiger partial charge is 0.534 e. The Labute approximate surface area is 241 Å². The Hall–Kier alpha value is -2.90. The van der Waals surface area contributed by atoms with Crippen LogP contribution in [0.4, 0.5) is 57.1 Å². The zero-order chi connectivity index (χ0) is 34.3. The number of hydrogen-bond acceptors (Lipinski definition) is 9. The van der Waals surface area contributed by atoms with Crippen molar-refractivity contribution in [1.29, 1.82) is 0 Å². The van der Waals surface area contributed by atoms with Crippen molar-refractivity contribution in [2.75, 3.05) is 0 Å². The lowest BCUT2D eigenvalue weighted by Crippen LogP contribution is -2.34. The highest BCUT2D eigenvalue weighted by molar-refractivity contribution is 8.00. The second kappa shape index (κ2) is 12.1. The first-order valence-corrected chi connectivity index (χ1v) is 15.2. The van der Waals surface area contributed by atoms with E-state index in [1.54, 1.807) is 0 Å². The summed E-state index contributed by atoms with van der Waals surface area (Å²) in [5.41, 5.74) is -18.9. The molecule has 2 aromatic carbocycles. The van der Waals surface area contributed by atoms with E-state index < -0.39 is 70.2 Å². The van der Waals surface area contributed by atoms with Crippen LogP contribution >= 0.6 is 11.3 Å². The summed E-state index contributed by atoms with van der Waals surface area (Å²) in [4.78, 5) is 0.374. The van der Waals surface area contributed by atoms with Crippen molar-refractivity contribution in [2.24, 2.45) is 0 Å². The minimum absolute atomic E-state index is 0.0314. The van der Waals surface area contributed by atoms with Crippen molar-refractivity contribution in [2.45, 2.75) is 29.1 Å². The van der Waals surface area contributed by atoms with Gasteiger partial charge in [0.2, 0.25) is 0 Å². The van der Waals surface area contributed by atoms with Crippen molar-refractivity contribution < 1.29 is 90.1 Å². The van der Waals surface area contributed by atoms with E-state index in [9.17, 15) is 82.3 Å². The minimum atomic E-state index is -6.85. The van der Waals surface area contributed by atoms with Gasteiger partial charge in [-0.1, -0.05) is 24.3 Å². The molecule has 44 heavy (non-hydrogen) atoms. The van der Waals surface area contributed by atoms with E-state index in [2.05, 4.69) is 4.18 Å². The maximum absolute atomic E-state index is 14.0. The lowest BCUT2D eigenvalue weighted by Gasteiger charge is -2.10. The summed E-state index contributed by atoms with van der Waals surface area (Å²) in [6, 6.07) is 7.77. The van der Waals surface area contributed by atoms with Gasteiger partial charge in [-0.3, -0.25) is 0 Å². The molecular weight excluding hydrogens is 731 g/mol. The molecule has 25 heteroatoms. The third-order valence-corrected chi connectivity index (χ3v) is 9.17. The van der Waals surface area contributed by atoms with Gasteiger partial charge >= 0.3 is 53.1 Å². The van der Waals surface area contributed by atoms with Crippen LogP contribution in [0.25, 0.3) is 10.1 Å². The zero-order valence-corrected chi connectivity index (χ0v) is 23.3. The number of alkyl halides is 12. The Balaban J connectivity index is 0.000000382. The quantitative estimate of drug-likeness (QED) is 0.158. The summed E-state index contributed by atoms with van der Waals surface area (Å²) in [6.07, 6.45) is -4.58. The average molecular weight is 741 g/mol. The molecule has 0 amide bonds. The summed E-state index contributed by atoms with van der Waals surface area (Å²) in [7, 11) is -19.8. The van der Waals surface area contributed by atoms with Crippen LogP contribution in [-0.2, 0) is 46.6 Å². The molecule has 8 nitrogen and oxygen atoms in total. The topological polar surface area (TPSA) is 121 Å². The highest BCUT2D eigenvalue weighted by Crippen LogP contribution is 2.39. The molecule has 1 aromatic heterocycles. The molecule has 0 fully saturated rings. The highest BCUT2D eigenvalue weighted by Gasteiger charge is 2.57. The molecule has 0 atom stereocenters. The second-order valence-electron chi connectivity index (χ2n) is 7.73. The van der Waals surface area contributed by atoms with Crippen molar-refractivity contribution in [1.82, 2.24) is 0 Å². The average Bonchev–Trinajstić information content (AvgIpc) is 3.21. The molecule has 0 aliphatic heterocycles. The van der Waals surface area contributed by atoms with E-state index in [-0.39, 0.29) is 22.1 Å². The van der Waals surface area contributed by atoms with Gasteiger partial charge in [-0.25, -0.2) is 4.39 Å². The SMILES string of the molecule is O=S(=O)(OS(=O)(=O)C(F)(F)F)C(F)(F)F.O=S(=O)(Oc1c(F)ccc2cc(Cc3cccc(C(F)(F)F)c3)sc12)C(F)(F)F. The van der Waals surface area contributed by atoms with Crippen LogP contribution in [-0.4, -0.2) is 41.8 Å². The van der Waals surface area contributed by atoms with Gasteiger partial charge in [0.25, 0.3) is 0 Å². The Morgan fingerprint density at radius 2 is 1.16 bits per heavy atom. The van der Waals surface area contributed by atoms with Gasteiger partial charge in [-0.05, 0) is 29.1 Å². The van der Waals surface area contributed by atoms with Crippen molar-refractivity contribution in [3.8, 4) is 5.75 Å². The fourth-order valence-corrected chi connectivity index (χ4v) is 5.94. The fraction of sp³-hybridized carbons (Fsp3) is 0.263. The van der Waals surface area contributed by atoms with E-state index in [4.69, 9.17) is 0 Å². The van der Waals surface area contributed by atoms with E-state index in [0.29, 0.717) is 4.88 Å². The predicted octanol–water partition coefficient (Wildman–Crippen LogP) is 6.58. The number of fused-ring (bicyclic) bond motifs is 1. The van der Waals surface area contributed by atoms with Crippen molar-refractivity contribution in [3.63, 3.8) is 0 Å². The maximum atomic E-state index is 14.0. The summed E-state index contributed by atoms with van der Waals surface area (Å²) in [6.45, 7) is 0. The first-order chi connectivity index (χ1) is 19.5. The number of thiophene rings is 1. The van der Waals surface area contributed by atoms with Gasteiger partial charge in [0.15, 0.2) is 11.6 Å². The minimum Gasteiger partial charge on any atom is -0.371 e. The molecule has 0 aliphatic carbocycles. The number of halogens is 13. The van der Waals surface area contributed by atoms with Crippen LogP contribution < -0.4 is 4.18 Å². The summed E-state index contributed by atoms with van der Waals surface area (Å²) >= 11 is 0.720. The molecule has 0 radical (unpaired) electrons.